The predicted octanol–water partition coefficient (Wildman–Crippen LogP) is 3.22. The smallest absolute Gasteiger partial charge is 0.154 e. The van der Waals surface area contributed by atoms with Crippen LogP contribution in [0.5, 0.6) is 0 Å². The van der Waals surface area contributed by atoms with Crippen LogP contribution in [0.15, 0.2) is 4.60 Å². The van der Waals surface area contributed by atoms with E-state index in [0.717, 1.165) is 29.9 Å². The number of nitrogens with zero attached hydrogens (tertiary/aromatic N) is 3. The molecule has 1 aromatic heterocycles. The molecule has 1 aromatic rings. The average Bonchev–Trinajstić information content (AvgIpc) is 2.66. The van der Waals surface area contributed by atoms with E-state index in [1.165, 1.54) is 38.5 Å². The van der Waals surface area contributed by atoms with Crippen molar-refractivity contribution >= 4 is 15.9 Å². The normalized spacial score (nSPS) is 40.2. The highest BCUT2D eigenvalue weighted by Gasteiger charge is 2.51. The van der Waals surface area contributed by atoms with Gasteiger partial charge in [0.1, 0.15) is 5.69 Å². The molecule has 4 bridgehead atoms. The molecule has 4 aliphatic carbocycles. The molecule has 4 saturated carbocycles. The summed E-state index contributed by atoms with van der Waals surface area (Å²) >= 11 is 3.41. The molecular weight excluding hydrogens is 318 g/mol. The zero-order valence-electron chi connectivity index (χ0n) is 11.9. The molecule has 1 atom stereocenters. The van der Waals surface area contributed by atoms with Crippen LogP contribution in [0.4, 0.5) is 0 Å². The summed E-state index contributed by atoms with van der Waals surface area (Å²) in [5.41, 5.74) is 1.22. The largest absolute Gasteiger partial charge is 0.387 e. The standard InChI is InChI=1S/C15H22BrN3O/c1-19-13(14(16)17-18-19)12(20)8-15-5-9-2-10(6-15)4-11(3-9)7-15/h9-12,20H,2-8H2,1H3. The minimum absolute atomic E-state index is 0.387. The van der Waals surface area contributed by atoms with Gasteiger partial charge in [0.2, 0.25) is 0 Å². The van der Waals surface area contributed by atoms with Crippen molar-refractivity contribution in [3.8, 4) is 0 Å². The number of aliphatic hydroxyl groups is 1. The topological polar surface area (TPSA) is 50.9 Å². The van der Waals surface area contributed by atoms with Crippen molar-refractivity contribution in [1.29, 1.82) is 0 Å². The Balaban J connectivity index is 1.57. The lowest BCUT2D eigenvalue weighted by Gasteiger charge is -2.57. The number of aliphatic hydroxyl groups excluding tert-OH is 1. The number of hydrogen-bond acceptors (Lipinski definition) is 3. The second-order valence-corrected chi connectivity index (χ2v) is 8.28. The Hall–Kier alpha value is -0.420. The quantitative estimate of drug-likeness (QED) is 0.919. The molecule has 1 heterocycles. The van der Waals surface area contributed by atoms with Crippen molar-refractivity contribution in [3.63, 3.8) is 0 Å². The lowest BCUT2D eigenvalue weighted by Crippen LogP contribution is -2.46. The Morgan fingerprint density at radius 2 is 1.80 bits per heavy atom. The van der Waals surface area contributed by atoms with E-state index < -0.39 is 6.10 Å². The van der Waals surface area contributed by atoms with Gasteiger partial charge in [0.25, 0.3) is 0 Å². The Kier molecular flexibility index (Phi) is 3.01. The molecule has 1 unspecified atom stereocenters. The van der Waals surface area contributed by atoms with E-state index in [4.69, 9.17) is 0 Å². The molecule has 4 fully saturated rings. The van der Waals surface area contributed by atoms with E-state index in [2.05, 4.69) is 26.2 Å². The third-order valence-corrected chi connectivity index (χ3v) is 6.50. The van der Waals surface area contributed by atoms with Gasteiger partial charge in [-0.2, -0.15) is 0 Å². The lowest BCUT2D eigenvalue weighted by atomic mass is 9.48. The predicted molar refractivity (Wildman–Crippen MR) is 78.9 cm³/mol. The van der Waals surface area contributed by atoms with Crippen LogP contribution >= 0.6 is 15.9 Å². The average molecular weight is 340 g/mol. The van der Waals surface area contributed by atoms with Crippen LogP contribution in [0.25, 0.3) is 0 Å². The van der Waals surface area contributed by atoms with Crippen LogP contribution in [-0.4, -0.2) is 20.1 Å². The summed E-state index contributed by atoms with van der Waals surface area (Å²) < 4.78 is 2.40. The Bertz CT molecular complexity index is 472. The van der Waals surface area contributed by atoms with Gasteiger partial charge < -0.3 is 5.11 Å². The molecule has 5 heteroatoms. The van der Waals surface area contributed by atoms with Crippen molar-refractivity contribution in [2.75, 3.05) is 0 Å². The van der Waals surface area contributed by atoms with Crippen molar-refractivity contribution in [2.24, 2.45) is 30.2 Å². The third-order valence-electron chi connectivity index (χ3n) is 5.93. The van der Waals surface area contributed by atoms with Crippen molar-refractivity contribution in [1.82, 2.24) is 15.0 Å². The monoisotopic (exact) mass is 339 g/mol. The van der Waals surface area contributed by atoms with Gasteiger partial charge in [-0.25, -0.2) is 4.68 Å². The fourth-order valence-corrected chi connectivity index (χ4v) is 6.33. The maximum atomic E-state index is 10.7. The van der Waals surface area contributed by atoms with Gasteiger partial charge in [0.05, 0.1) is 6.10 Å². The zero-order valence-corrected chi connectivity index (χ0v) is 13.5. The first-order valence-corrected chi connectivity index (χ1v) is 8.57. The van der Waals surface area contributed by atoms with E-state index in [1.54, 1.807) is 4.68 Å². The fourth-order valence-electron chi connectivity index (χ4n) is 5.74. The molecule has 5 rings (SSSR count). The van der Waals surface area contributed by atoms with E-state index in [1.807, 2.05) is 7.05 Å². The zero-order chi connectivity index (χ0) is 13.9. The van der Waals surface area contributed by atoms with Gasteiger partial charge in [-0.1, -0.05) is 5.21 Å². The van der Waals surface area contributed by atoms with Crippen LogP contribution in [-0.2, 0) is 7.05 Å². The minimum Gasteiger partial charge on any atom is -0.387 e. The first-order chi connectivity index (χ1) is 9.55. The molecule has 4 aliphatic rings. The van der Waals surface area contributed by atoms with Gasteiger partial charge >= 0.3 is 0 Å². The third kappa shape index (κ3) is 2.05. The van der Waals surface area contributed by atoms with E-state index in [9.17, 15) is 5.11 Å². The highest BCUT2D eigenvalue weighted by molar-refractivity contribution is 9.10. The maximum absolute atomic E-state index is 10.7. The van der Waals surface area contributed by atoms with Gasteiger partial charge in [-0.3, -0.25) is 0 Å². The van der Waals surface area contributed by atoms with Crippen LogP contribution in [0.2, 0.25) is 0 Å². The Morgan fingerprint density at radius 3 is 2.25 bits per heavy atom. The number of aromatic nitrogens is 3. The molecule has 110 valence electrons. The molecular formula is C15H22BrN3O. The minimum atomic E-state index is -0.444. The Labute approximate surface area is 128 Å². The van der Waals surface area contributed by atoms with E-state index >= 15 is 0 Å². The first kappa shape index (κ1) is 13.3. The molecule has 0 spiro atoms. The van der Waals surface area contributed by atoms with Crippen LogP contribution in [0.1, 0.15) is 56.7 Å². The number of rotatable bonds is 3. The molecule has 0 saturated heterocycles. The van der Waals surface area contributed by atoms with Gasteiger partial charge in [0.15, 0.2) is 4.60 Å². The SMILES string of the molecule is Cn1nnc(Br)c1C(O)CC12CC3CC(CC(C3)C1)C2. The van der Waals surface area contributed by atoms with Gasteiger partial charge in [0, 0.05) is 7.05 Å². The summed E-state index contributed by atoms with van der Waals surface area (Å²) in [4.78, 5) is 0. The highest BCUT2D eigenvalue weighted by atomic mass is 79.9. The van der Waals surface area contributed by atoms with Crippen molar-refractivity contribution in [2.45, 2.75) is 51.0 Å². The van der Waals surface area contributed by atoms with E-state index in [0.29, 0.717) is 10.0 Å². The molecule has 0 aliphatic heterocycles. The lowest BCUT2D eigenvalue weighted by molar-refractivity contribution is -0.0773. The van der Waals surface area contributed by atoms with Crippen LogP contribution in [0.3, 0.4) is 0 Å². The summed E-state index contributed by atoms with van der Waals surface area (Å²) in [5.74, 6) is 2.80. The van der Waals surface area contributed by atoms with Gasteiger partial charge in [-0.15, -0.1) is 5.10 Å². The molecule has 0 radical (unpaired) electrons. The number of aryl methyl sites for hydroxylation is 1. The number of halogens is 1. The number of hydrogen-bond donors (Lipinski definition) is 1. The summed E-state index contributed by atoms with van der Waals surface area (Å²) in [7, 11) is 1.86. The molecule has 4 nitrogen and oxygen atoms in total. The van der Waals surface area contributed by atoms with Gasteiger partial charge in [-0.05, 0) is 84.0 Å². The molecule has 1 N–H and O–H groups in total. The molecule has 0 amide bonds. The van der Waals surface area contributed by atoms with Crippen molar-refractivity contribution < 1.29 is 5.11 Å². The van der Waals surface area contributed by atoms with Crippen LogP contribution in [0, 0.1) is 23.2 Å². The summed E-state index contributed by atoms with van der Waals surface area (Å²) in [6, 6.07) is 0. The second-order valence-electron chi connectivity index (χ2n) is 7.53. The Morgan fingerprint density at radius 1 is 1.25 bits per heavy atom. The summed E-state index contributed by atoms with van der Waals surface area (Å²) in [6.45, 7) is 0. The second kappa shape index (κ2) is 4.54. The first-order valence-electron chi connectivity index (χ1n) is 7.78. The maximum Gasteiger partial charge on any atom is 0.154 e. The molecule has 20 heavy (non-hydrogen) atoms. The molecule has 0 aromatic carbocycles. The summed E-state index contributed by atoms with van der Waals surface area (Å²) in [6.07, 6.45) is 8.79. The summed E-state index contributed by atoms with van der Waals surface area (Å²) in [5, 5.41) is 18.7. The fraction of sp³-hybridized carbons (Fsp3) is 0.867. The highest BCUT2D eigenvalue weighted by Crippen LogP contribution is 2.62. The van der Waals surface area contributed by atoms with E-state index in [-0.39, 0.29) is 0 Å². The van der Waals surface area contributed by atoms with Crippen LogP contribution < -0.4 is 0 Å². The van der Waals surface area contributed by atoms with Crippen molar-refractivity contribution in [3.05, 3.63) is 10.3 Å².